The number of carbonyl (C=O) groups is 1. The van der Waals surface area contributed by atoms with E-state index in [0.29, 0.717) is 6.04 Å². The Labute approximate surface area is 129 Å². The molecule has 2 atom stereocenters. The SMILES string of the molecule is CCC1COCCN1CCCC(C)(NC(C)C)C(=O)OC. The fourth-order valence-corrected chi connectivity index (χ4v) is 3.09. The summed E-state index contributed by atoms with van der Waals surface area (Å²) in [7, 11) is 1.46. The summed E-state index contributed by atoms with van der Waals surface area (Å²) in [5, 5.41) is 3.35. The predicted octanol–water partition coefficient (Wildman–Crippen LogP) is 1.81. The minimum Gasteiger partial charge on any atom is -0.468 e. The average Bonchev–Trinajstić information content (AvgIpc) is 2.46. The molecule has 0 amide bonds. The van der Waals surface area contributed by atoms with Crippen LogP contribution in [0.1, 0.15) is 47.0 Å². The smallest absolute Gasteiger partial charge is 0.325 e. The molecule has 5 nitrogen and oxygen atoms in total. The highest BCUT2D eigenvalue weighted by Gasteiger charge is 2.34. The first-order valence-electron chi connectivity index (χ1n) is 8.11. The highest BCUT2D eigenvalue weighted by atomic mass is 16.5. The maximum Gasteiger partial charge on any atom is 0.325 e. The number of nitrogens with one attached hydrogen (secondary N) is 1. The zero-order valence-electron chi connectivity index (χ0n) is 14.3. The summed E-state index contributed by atoms with van der Waals surface area (Å²) in [5.41, 5.74) is -0.600. The van der Waals surface area contributed by atoms with E-state index in [9.17, 15) is 4.79 Å². The van der Waals surface area contributed by atoms with Crippen LogP contribution in [-0.4, -0.2) is 61.9 Å². The fraction of sp³-hybridized carbons (Fsp3) is 0.938. The van der Waals surface area contributed by atoms with E-state index >= 15 is 0 Å². The van der Waals surface area contributed by atoms with E-state index in [1.807, 2.05) is 6.92 Å². The molecule has 0 bridgehead atoms. The molecule has 1 aliphatic rings. The van der Waals surface area contributed by atoms with Crippen LogP contribution < -0.4 is 5.32 Å². The van der Waals surface area contributed by atoms with Gasteiger partial charge in [0.05, 0.1) is 20.3 Å². The monoisotopic (exact) mass is 300 g/mol. The van der Waals surface area contributed by atoms with Gasteiger partial charge >= 0.3 is 5.97 Å². The van der Waals surface area contributed by atoms with Crippen LogP contribution in [0, 0.1) is 0 Å². The van der Waals surface area contributed by atoms with Crippen LogP contribution in [0.25, 0.3) is 0 Å². The molecular weight excluding hydrogens is 268 g/mol. The number of esters is 1. The van der Waals surface area contributed by atoms with E-state index in [4.69, 9.17) is 9.47 Å². The average molecular weight is 300 g/mol. The maximum atomic E-state index is 12.1. The summed E-state index contributed by atoms with van der Waals surface area (Å²) in [5.74, 6) is -0.176. The second kappa shape index (κ2) is 8.71. The topological polar surface area (TPSA) is 50.8 Å². The second-order valence-corrected chi connectivity index (χ2v) is 6.40. The Morgan fingerprint density at radius 1 is 1.52 bits per heavy atom. The van der Waals surface area contributed by atoms with Crippen molar-refractivity contribution in [2.75, 3.05) is 33.4 Å². The number of carbonyl (C=O) groups excluding carboxylic acids is 1. The van der Waals surface area contributed by atoms with Crippen molar-refractivity contribution in [3.05, 3.63) is 0 Å². The van der Waals surface area contributed by atoms with Crippen LogP contribution >= 0.6 is 0 Å². The van der Waals surface area contributed by atoms with Crippen molar-refractivity contribution in [3.63, 3.8) is 0 Å². The highest BCUT2D eigenvalue weighted by Crippen LogP contribution is 2.18. The van der Waals surface area contributed by atoms with E-state index in [2.05, 4.69) is 31.0 Å². The van der Waals surface area contributed by atoms with Crippen molar-refractivity contribution < 1.29 is 14.3 Å². The van der Waals surface area contributed by atoms with E-state index < -0.39 is 5.54 Å². The summed E-state index contributed by atoms with van der Waals surface area (Å²) in [6.45, 7) is 11.9. The van der Waals surface area contributed by atoms with Crippen LogP contribution in [0.15, 0.2) is 0 Å². The minimum atomic E-state index is -0.600. The summed E-state index contributed by atoms with van der Waals surface area (Å²) >= 11 is 0. The molecule has 0 spiro atoms. The Hall–Kier alpha value is -0.650. The molecule has 0 saturated carbocycles. The molecule has 0 aromatic heterocycles. The third-order valence-corrected chi connectivity index (χ3v) is 4.19. The van der Waals surface area contributed by atoms with Gasteiger partial charge in [-0.1, -0.05) is 6.92 Å². The summed E-state index contributed by atoms with van der Waals surface area (Å²) in [4.78, 5) is 14.5. The molecule has 1 saturated heterocycles. The molecule has 1 aliphatic heterocycles. The molecule has 1 heterocycles. The Morgan fingerprint density at radius 2 is 2.24 bits per heavy atom. The van der Waals surface area contributed by atoms with Gasteiger partial charge in [-0.15, -0.1) is 0 Å². The summed E-state index contributed by atoms with van der Waals surface area (Å²) in [6, 6.07) is 0.766. The normalized spacial score (nSPS) is 23.0. The zero-order valence-corrected chi connectivity index (χ0v) is 14.3. The van der Waals surface area contributed by atoms with Crippen LogP contribution in [0.4, 0.5) is 0 Å². The van der Waals surface area contributed by atoms with Gasteiger partial charge < -0.3 is 9.47 Å². The predicted molar refractivity (Wildman–Crippen MR) is 84.4 cm³/mol. The van der Waals surface area contributed by atoms with Crippen molar-refractivity contribution in [3.8, 4) is 0 Å². The first kappa shape index (κ1) is 18.4. The van der Waals surface area contributed by atoms with Gasteiger partial charge in [0.1, 0.15) is 5.54 Å². The number of hydrogen-bond donors (Lipinski definition) is 1. The molecule has 0 aromatic carbocycles. The number of nitrogens with zero attached hydrogens (tertiary/aromatic N) is 1. The lowest BCUT2D eigenvalue weighted by Gasteiger charge is -2.36. The van der Waals surface area contributed by atoms with E-state index in [1.54, 1.807) is 0 Å². The van der Waals surface area contributed by atoms with Crippen molar-refractivity contribution in [1.82, 2.24) is 10.2 Å². The molecule has 2 unspecified atom stereocenters. The number of morpholine rings is 1. The van der Waals surface area contributed by atoms with Gasteiger partial charge in [-0.25, -0.2) is 0 Å². The fourth-order valence-electron chi connectivity index (χ4n) is 3.09. The van der Waals surface area contributed by atoms with Crippen molar-refractivity contribution in [2.24, 2.45) is 0 Å². The van der Waals surface area contributed by atoms with Crippen molar-refractivity contribution in [1.29, 1.82) is 0 Å². The van der Waals surface area contributed by atoms with E-state index in [-0.39, 0.29) is 12.0 Å². The first-order chi connectivity index (χ1) is 9.92. The Balaban J connectivity index is 2.50. The summed E-state index contributed by atoms with van der Waals surface area (Å²) in [6.07, 6.45) is 2.87. The van der Waals surface area contributed by atoms with Gasteiger partial charge in [0.25, 0.3) is 0 Å². The highest BCUT2D eigenvalue weighted by molar-refractivity contribution is 5.80. The van der Waals surface area contributed by atoms with Gasteiger partial charge in [0.15, 0.2) is 0 Å². The standard InChI is InChI=1S/C16H32N2O3/c1-6-14-12-21-11-10-18(14)9-7-8-16(4,15(19)20-5)17-13(2)3/h13-14,17H,6-12H2,1-5H3. The number of rotatable bonds is 8. The Kier molecular flexibility index (Phi) is 7.63. The van der Waals surface area contributed by atoms with Gasteiger partial charge in [0.2, 0.25) is 0 Å². The summed E-state index contributed by atoms with van der Waals surface area (Å²) < 4.78 is 10.5. The van der Waals surface area contributed by atoms with E-state index in [0.717, 1.165) is 45.6 Å². The lowest BCUT2D eigenvalue weighted by atomic mass is 9.94. The van der Waals surface area contributed by atoms with Crippen LogP contribution in [0.2, 0.25) is 0 Å². The lowest BCUT2D eigenvalue weighted by molar-refractivity contribution is -0.148. The molecule has 0 aromatic rings. The van der Waals surface area contributed by atoms with Gasteiger partial charge in [-0.3, -0.25) is 15.0 Å². The third kappa shape index (κ3) is 5.57. The minimum absolute atomic E-state index is 0.176. The molecule has 1 rings (SSSR count). The van der Waals surface area contributed by atoms with Crippen LogP contribution in [0.3, 0.4) is 0 Å². The number of ether oxygens (including phenoxy) is 2. The molecule has 21 heavy (non-hydrogen) atoms. The first-order valence-corrected chi connectivity index (χ1v) is 8.11. The molecule has 5 heteroatoms. The molecule has 0 radical (unpaired) electrons. The molecule has 1 fully saturated rings. The molecule has 124 valence electrons. The van der Waals surface area contributed by atoms with E-state index in [1.165, 1.54) is 7.11 Å². The number of hydrogen-bond acceptors (Lipinski definition) is 5. The van der Waals surface area contributed by atoms with Crippen LogP contribution in [0.5, 0.6) is 0 Å². The van der Waals surface area contributed by atoms with Gasteiger partial charge in [0, 0.05) is 18.6 Å². The quantitative estimate of drug-likeness (QED) is 0.693. The third-order valence-electron chi connectivity index (χ3n) is 4.19. The molecule has 1 N–H and O–H groups in total. The largest absolute Gasteiger partial charge is 0.468 e. The number of methoxy groups -OCH3 is 1. The second-order valence-electron chi connectivity index (χ2n) is 6.40. The van der Waals surface area contributed by atoms with Crippen LogP contribution in [-0.2, 0) is 14.3 Å². The van der Waals surface area contributed by atoms with Crippen molar-refractivity contribution in [2.45, 2.75) is 64.6 Å². The zero-order chi connectivity index (χ0) is 15.9. The lowest BCUT2D eigenvalue weighted by Crippen LogP contribution is -2.53. The maximum absolute atomic E-state index is 12.1. The molecular formula is C16H32N2O3. The Morgan fingerprint density at radius 3 is 2.81 bits per heavy atom. The van der Waals surface area contributed by atoms with Gasteiger partial charge in [-0.2, -0.15) is 0 Å². The van der Waals surface area contributed by atoms with Gasteiger partial charge in [-0.05, 0) is 46.6 Å². The Bertz CT molecular complexity index is 323. The van der Waals surface area contributed by atoms with Crippen molar-refractivity contribution >= 4 is 5.97 Å². The molecule has 0 aliphatic carbocycles.